The van der Waals surface area contributed by atoms with Gasteiger partial charge in [0.2, 0.25) is 5.91 Å². The van der Waals surface area contributed by atoms with E-state index in [-0.39, 0.29) is 30.1 Å². The van der Waals surface area contributed by atoms with E-state index >= 15 is 0 Å². The van der Waals surface area contributed by atoms with E-state index < -0.39 is 0 Å². The molecule has 5 heteroatoms. The lowest BCUT2D eigenvalue weighted by atomic mass is 10.0. The number of halogens is 1. The number of benzene rings is 1. The molecule has 1 N–H and O–H groups in total. The Bertz CT molecular complexity index is 447. The highest BCUT2D eigenvalue weighted by molar-refractivity contribution is 6.27. The third-order valence-electron chi connectivity index (χ3n) is 2.54. The van der Waals surface area contributed by atoms with Crippen molar-refractivity contribution in [3.05, 3.63) is 29.8 Å². The Morgan fingerprint density at radius 2 is 2.24 bits per heavy atom. The van der Waals surface area contributed by atoms with Gasteiger partial charge in [0.05, 0.1) is 12.1 Å². The summed E-state index contributed by atoms with van der Waals surface area (Å²) in [4.78, 5) is 22.8. The van der Waals surface area contributed by atoms with Crippen LogP contribution < -0.4 is 10.1 Å². The summed E-state index contributed by atoms with van der Waals surface area (Å²) in [5, 5.41) is 2.61. The lowest BCUT2D eigenvalue weighted by Crippen LogP contribution is -2.39. The SMILES string of the molecule is O=C(CCl)NCC1CC(=O)c2ccccc2O1. The van der Waals surface area contributed by atoms with Gasteiger partial charge in [-0.15, -0.1) is 11.6 Å². The molecule has 0 radical (unpaired) electrons. The summed E-state index contributed by atoms with van der Waals surface area (Å²) >= 11 is 5.36. The number of para-hydroxylation sites is 1. The molecule has 1 unspecified atom stereocenters. The number of ether oxygens (including phenoxy) is 1. The largest absolute Gasteiger partial charge is 0.487 e. The zero-order valence-electron chi connectivity index (χ0n) is 9.11. The standard InChI is InChI=1S/C12H12ClNO3/c13-6-12(16)14-7-8-5-10(15)9-3-1-2-4-11(9)17-8/h1-4,8H,5-7H2,(H,14,16). The summed E-state index contributed by atoms with van der Waals surface area (Å²) in [7, 11) is 0. The number of carbonyl (C=O) groups excluding carboxylic acids is 2. The molecule has 1 aromatic carbocycles. The Balaban J connectivity index is 2.02. The lowest BCUT2D eigenvalue weighted by Gasteiger charge is -2.25. The van der Waals surface area contributed by atoms with E-state index in [1.165, 1.54) is 0 Å². The predicted octanol–water partition coefficient (Wildman–Crippen LogP) is 1.38. The molecule has 1 aliphatic rings. The van der Waals surface area contributed by atoms with Gasteiger partial charge in [-0.05, 0) is 12.1 Å². The number of Topliss-reactive ketones (excluding diaryl/α,β-unsaturated/α-hetero) is 1. The van der Waals surface area contributed by atoms with Crippen molar-refractivity contribution >= 4 is 23.3 Å². The van der Waals surface area contributed by atoms with Crippen molar-refractivity contribution in [2.75, 3.05) is 12.4 Å². The van der Waals surface area contributed by atoms with Gasteiger partial charge in [0, 0.05) is 6.42 Å². The van der Waals surface area contributed by atoms with Gasteiger partial charge < -0.3 is 10.1 Å². The van der Waals surface area contributed by atoms with Crippen LogP contribution in [0, 0.1) is 0 Å². The maximum Gasteiger partial charge on any atom is 0.235 e. The van der Waals surface area contributed by atoms with E-state index in [2.05, 4.69) is 5.32 Å². The van der Waals surface area contributed by atoms with E-state index in [1.54, 1.807) is 18.2 Å². The summed E-state index contributed by atoms with van der Waals surface area (Å²) in [6.45, 7) is 0.297. The highest BCUT2D eigenvalue weighted by Gasteiger charge is 2.25. The fraction of sp³-hybridized carbons (Fsp3) is 0.333. The van der Waals surface area contributed by atoms with Crippen LogP contribution in [0.3, 0.4) is 0 Å². The molecular formula is C12H12ClNO3. The number of carbonyl (C=O) groups is 2. The van der Waals surface area contributed by atoms with Crippen molar-refractivity contribution in [3.63, 3.8) is 0 Å². The first-order chi connectivity index (χ1) is 8.20. The smallest absolute Gasteiger partial charge is 0.235 e. The van der Waals surface area contributed by atoms with Crippen LogP contribution in [0.5, 0.6) is 5.75 Å². The van der Waals surface area contributed by atoms with Gasteiger partial charge in [0.1, 0.15) is 17.7 Å². The number of alkyl halides is 1. The van der Waals surface area contributed by atoms with Crippen LogP contribution in [0.15, 0.2) is 24.3 Å². The quantitative estimate of drug-likeness (QED) is 0.828. The van der Waals surface area contributed by atoms with Crippen molar-refractivity contribution in [1.82, 2.24) is 5.32 Å². The molecular weight excluding hydrogens is 242 g/mol. The molecule has 4 nitrogen and oxygen atoms in total. The van der Waals surface area contributed by atoms with E-state index in [0.29, 0.717) is 17.9 Å². The summed E-state index contributed by atoms with van der Waals surface area (Å²) in [5.74, 6) is 0.268. The number of amides is 1. The monoisotopic (exact) mass is 253 g/mol. The van der Waals surface area contributed by atoms with Gasteiger partial charge >= 0.3 is 0 Å². The number of nitrogens with one attached hydrogen (secondary N) is 1. The molecule has 0 saturated carbocycles. The van der Waals surface area contributed by atoms with Crippen LogP contribution in [0.2, 0.25) is 0 Å². The fourth-order valence-corrected chi connectivity index (χ4v) is 1.82. The van der Waals surface area contributed by atoms with Crippen molar-refractivity contribution < 1.29 is 14.3 Å². The Morgan fingerprint density at radius 1 is 1.47 bits per heavy atom. The van der Waals surface area contributed by atoms with Crippen molar-refractivity contribution in [2.24, 2.45) is 0 Å². The Labute approximate surface area is 104 Å². The van der Waals surface area contributed by atoms with Crippen LogP contribution in [0.1, 0.15) is 16.8 Å². The first kappa shape index (κ1) is 11.9. The van der Waals surface area contributed by atoms with E-state index in [4.69, 9.17) is 16.3 Å². The van der Waals surface area contributed by atoms with Crippen molar-refractivity contribution in [2.45, 2.75) is 12.5 Å². The van der Waals surface area contributed by atoms with E-state index in [1.807, 2.05) is 6.07 Å². The van der Waals surface area contributed by atoms with Crippen LogP contribution in [-0.4, -0.2) is 30.2 Å². The predicted molar refractivity (Wildman–Crippen MR) is 63.5 cm³/mol. The number of hydrogen-bond donors (Lipinski definition) is 1. The van der Waals surface area contributed by atoms with Crippen LogP contribution in [0.4, 0.5) is 0 Å². The van der Waals surface area contributed by atoms with Gasteiger partial charge in [0.25, 0.3) is 0 Å². The second-order valence-electron chi connectivity index (χ2n) is 3.80. The van der Waals surface area contributed by atoms with Gasteiger partial charge in [-0.3, -0.25) is 9.59 Å². The number of fused-ring (bicyclic) bond motifs is 1. The molecule has 1 aliphatic heterocycles. The topological polar surface area (TPSA) is 55.4 Å². The van der Waals surface area contributed by atoms with Gasteiger partial charge in [-0.1, -0.05) is 12.1 Å². The minimum Gasteiger partial charge on any atom is -0.487 e. The molecule has 17 heavy (non-hydrogen) atoms. The van der Waals surface area contributed by atoms with Gasteiger partial charge in [-0.25, -0.2) is 0 Å². The average molecular weight is 254 g/mol. The molecule has 90 valence electrons. The maximum absolute atomic E-state index is 11.8. The minimum absolute atomic E-state index is 0.0389. The first-order valence-electron chi connectivity index (χ1n) is 5.32. The first-order valence-corrected chi connectivity index (χ1v) is 5.85. The molecule has 1 amide bonds. The van der Waals surface area contributed by atoms with E-state index in [9.17, 15) is 9.59 Å². The fourth-order valence-electron chi connectivity index (χ4n) is 1.73. The number of ketones is 1. The Hall–Kier alpha value is -1.55. The maximum atomic E-state index is 11.8. The molecule has 0 aliphatic carbocycles. The molecule has 2 rings (SSSR count). The van der Waals surface area contributed by atoms with Crippen molar-refractivity contribution in [3.8, 4) is 5.75 Å². The molecule has 0 aromatic heterocycles. The molecule has 1 heterocycles. The third-order valence-corrected chi connectivity index (χ3v) is 2.79. The molecule has 0 bridgehead atoms. The van der Waals surface area contributed by atoms with Crippen LogP contribution >= 0.6 is 11.6 Å². The summed E-state index contributed by atoms with van der Waals surface area (Å²) in [5.41, 5.74) is 0.604. The average Bonchev–Trinajstić information content (AvgIpc) is 2.36. The second-order valence-corrected chi connectivity index (χ2v) is 4.07. The van der Waals surface area contributed by atoms with Crippen LogP contribution in [-0.2, 0) is 4.79 Å². The zero-order chi connectivity index (χ0) is 12.3. The lowest BCUT2D eigenvalue weighted by molar-refractivity contribution is -0.119. The molecule has 0 saturated heterocycles. The third kappa shape index (κ3) is 2.77. The molecule has 0 fully saturated rings. The zero-order valence-corrected chi connectivity index (χ0v) is 9.87. The summed E-state index contributed by atoms with van der Waals surface area (Å²) < 4.78 is 5.62. The summed E-state index contributed by atoms with van der Waals surface area (Å²) in [6, 6.07) is 7.11. The number of hydrogen-bond acceptors (Lipinski definition) is 3. The van der Waals surface area contributed by atoms with Crippen molar-refractivity contribution in [1.29, 1.82) is 0 Å². The highest BCUT2D eigenvalue weighted by Crippen LogP contribution is 2.26. The second kappa shape index (κ2) is 5.19. The summed E-state index contributed by atoms with van der Waals surface area (Å²) in [6.07, 6.45) is -0.0379. The van der Waals surface area contributed by atoms with Gasteiger partial charge in [0.15, 0.2) is 5.78 Å². The van der Waals surface area contributed by atoms with Gasteiger partial charge in [-0.2, -0.15) is 0 Å². The van der Waals surface area contributed by atoms with Crippen LogP contribution in [0.25, 0.3) is 0 Å². The minimum atomic E-state index is -0.315. The van der Waals surface area contributed by atoms with E-state index in [0.717, 1.165) is 0 Å². The highest BCUT2D eigenvalue weighted by atomic mass is 35.5. The molecule has 1 aromatic rings. The number of rotatable bonds is 3. The Morgan fingerprint density at radius 3 is 3.00 bits per heavy atom. The molecule has 0 spiro atoms. The molecule has 1 atom stereocenters. The normalized spacial score (nSPS) is 18.2. The Kier molecular flexibility index (Phi) is 3.64.